The van der Waals surface area contributed by atoms with Gasteiger partial charge < -0.3 is 18.8 Å². The molecular weight excluding hydrogens is 870 g/mol. The predicted molar refractivity (Wildman–Crippen MR) is 261 cm³/mol. The van der Waals surface area contributed by atoms with E-state index >= 15 is 13.2 Å². The van der Waals surface area contributed by atoms with Crippen molar-refractivity contribution in [2.75, 3.05) is 18.0 Å². The molecule has 4 aromatic carbocycles. The Kier molecular flexibility index (Phi) is 11.5. The number of aryl methyl sites for hydroxylation is 3. The Labute approximate surface area is 389 Å². The van der Waals surface area contributed by atoms with Crippen LogP contribution in [-0.4, -0.2) is 28.4 Å². The fourth-order valence-electron chi connectivity index (χ4n) is 9.09. The molecule has 1 atom stereocenters. The monoisotopic (exact) mass is 912 g/mol. The van der Waals surface area contributed by atoms with Crippen LogP contribution >= 0.6 is 22.7 Å². The number of nitriles is 3. The van der Waals surface area contributed by atoms with E-state index in [0.29, 0.717) is 4.88 Å². The number of hydrogen-bond acceptors (Lipinski definition) is 7. The number of thiophene rings is 2. The van der Waals surface area contributed by atoms with Crippen molar-refractivity contribution in [2.24, 2.45) is 0 Å². The smallest absolute Gasteiger partial charge is 0.437 e. The number of aromatic nitrogens is 2. The molecule has 1 aliphatic heterocycles. The van der Waals surface area contributed by atoms with Crippen LogP contribution < -0.4 is 4.90 Å². The van der Waals surface area contributed by atoms with Crippen molar-refractivity contribution < 1.29 is 17.9 Å². The van der Waals surface area contributed by atoms with Gasteiger partial charge >= 0.3 is 6.18 Å². The molecule has 0 saturated heterocycles. The molecular formula is C54H43F3N6OS2. The SMILES string of the molecule is CCCN(CCC)c1ccc(-c2cc3c(s2)c2c(c4sc(/C=C/C5=C(C#N)C(=C(C#N)C#N)OC5(c5ccccc5)C(F)(F)F)cc4n2-c2ccc(C)cc2)n3-c2ccc(C)cc2)c(C)c1. The summed E-state index contributed by atoms with van der Waals surface area (Å²) < 4.78 is 59.2. The lowest BCUT2D eigenvalue weighted by molar-refractivity contribution is -0.249. The minimum Gasteiger partial charge on any atom is -0.465 e. The zero-order valence-corrected chi connectivity index (χ0v) is 38.6. The van der Waals surface area contributed by atoms with Crippen molar-refractivity contribution in [3.8, 4) is 40.0 Å². The van der Waals surface area contributed by atoms with Gasteiger partial charge in [-0.3, -0.25) is 0 Å². The molecule has 0 radical (unpaired) electrons. The summed E-state index contributed by atoms with van der Waals surface area (Å²) in [7, 11) is 0. The lowest BCUT2D eigenvalue weighted by atomic mass is 9.84. The number of anilines is 1. The van der Waals surface area contributed by atoms with Gasteiger partial charge in [0.25, 0.3) is 5.60 Å². The molecule has 4 aromatic heterocycles. The highest BCUT2D eigenvalue weighted by Gasteiger charge is 2.65. The summed E-state index contributed by atoms with van der Waals surface area (Å²) >= 11 is 3.18. The summed E-state index contributed by atoms with van der Waals surface area (Å²) in [6, 6.07) is 39.8. The molecule has 328 valence electrons. The third-order valence-electron chi connectivity index (χ3n) is 12.1. The van der Waals surface area contributed by atoms with E-state index in [2.05, 4.69) is 115 Å². The Morgan fingerprint density at radius 3 is 1.83 bits per heavy atom. The van der Waals surface area contributed by atoms with Crippen LogP contribution in [0.3, 0.4) is 0 Å². The highest BCUT2D eigenvalue weighted by molar-refractivity contribution is 7.24. The molecule has 0 aliphatic carbocycles. The number of fused-ring (bicyclic) bond motifs is 5. The van der Waals surface area contributed by atoms with Crippen LogP contribution in [0.2, 0.25) is 0 Å². The Hall–Kier alpha value is -7.30. The van der Waals surface area contributed by atoms with Gasteiger partial charge in [-0.05, 0) is 99.3 Å². The van der Waals surface area contributed by atoms with Gasteiger partial charge in [0, 0.05) is 51.0 Å². The first-order chi connectivity index (χ1) is 31.9. The Bertz CT molecular complexity index is 3390. The Balaban J connectivity index is 1.29. The van der Waals surface area contributed by atoms with Gasteiger partial charge in [0.2, 0.25) is 0 Å². The Morgan fingerprint density at radius 2 is 1.30 bits per heavy atom. The molecule has 8 aromatic rings. The molecule has 0 spiro atoms. The maximum absolute atomic E-state index is 15.7. The van der Waals surface area contributed by atoms with E-state index in [4.69, 9.17) is 4.74 Å². The van der Waals surface area contributed by atoms with E-state index in [0.717, 1.165) is 84.8 Å². The molecule has 66 heavy (non-hydrogen) atoms. The highest BCUT2D eigenvalue weighted by atomic mass is 32.1. The van der Waals surface area contributed by atoms with Crippen molar-refractivity contribution in [2.45, 2.75) is 59.2 Å². The van der Waals surface area contributed by atoms with Gasteiger partial charge in [0.1, 0.15) is 23.8 Å². The van der Waals surface area contributed by atoms with Gasteiger partial charge in [-0.25, -0.2) is 0 Å². The van der Waals surface area contributed by atoms with Crippen LogP contribution in [0.1, 0.15) is 53.8 Å². The minimum atomic E-state index is -5.10. The van der Waals surface area contributed by atoms with Crippen LogP contribution in [0.5, 0.6) is 0 Å². The van der Waals surface area contributed by atoms with Gasteiger partial charge in [-0.1, -0.05) is 91.7 Å². The van der Waals surface area contributed by atoms with Crippen molar-refractivity contribution in [3.05, 3.63) is 165 Å². The van der Waals surface area contributed by atoms with E-state index in [1.807, 2.05) is 19.1 Å². The standard InChI is InChI=1S/C54H43F3N6OS2/c1-6-25-61(26-7-2)40-21-23-42(35(5)27-40)47-29-46-52(66-47)49-48(63(46)39-19-15-34(4)16-20-39)51-45(62(49)38-17-13-33(3)14-18-38)28-41(65-51)22-24-44-43(32-60)50(36(30-58)31-59)64-53(44,54(55,56)57)37-11-9-8-10-12-37/h8-24,27-29H,6-7,25-26H2,1-5H3/b24-22+. The number of allylic oxidation sites excluding steroid dienone is 2. The second kappa shape index (κ2) is 17.2. The molecule has 12 heteroatoms. The second-order valence-electron chi connectivity index (χ2n) is 16.5. The van der Waals surface area contributed by atoms with Crippen molar-refractivity contribution in [1.82, 2.24) is 9.13 Å². The predicted octanol–water partition coefficient (Wildman–Crippen LogP) is 14.7. The summed E-state index contributed by atoms with van der Waals surface area (Å²) in [5.74, 6) is -0.705. The van der Waals surface area contributed by atoms with Gasteiger partial charge in [-0.15, -0.1) is 22.7 Å². The maximum atomic E-state index is 15.7. The quantitative estimate of drug-likeness (QED) is 0.121. The average molecular weight is 913 g/mol. The van der Waals surface area contributed by atoms with E-state index < -0.39 is 34.3 Å². The number of hydrogen-bond donors (Lipinski definition) is 0. The average Bonchev–Trinajstić information content (AvgIpc) is 4.11. The molecule has 0 amide bonds. The van der Waals surface area contributed by atoms with E-state index in [9.17, 15) is 15.8 Å². The lowest BCUT2D eigenvalue weighted by Gasteiger charge is -2.33. The lowest BCUT2D eigenvalue weighted by Crippen LogP contribution is -2.43. The number of nitrogens with zero attached hydrogens (tertiary/aromatic N) is 6. The summed E-state index contributed by atoms with van der Waals surface area (Å²) in [6.45, 7) is 12.7. The molecule has 1 unspecified atom stereocenters. The largest absolute Gasteiger partial charge is 0.465 e. The first-order valence-electron chi connectivity index (χ1n) is 21.7. The number of rotatable bonds is 11. The van der Waals surface area contributed by atoms with Crippen molar-refractivity contribution in [1.29, 1.82) is 15.8 Å². The summed E-state index contributed by atoms with van der Waals surface area (Å²) in [5, 5.41) is 30.0. The zero-order valence-electron chi connectivity index (χ0n) is 36.9. The summed E-state index contributed by atoms with van der Waals surface area (Å²) in [6.07, 6.45) is -0.158. The van der Waals surface area contributed by atoms with Crippen LogP contribution in [0.4, 0.5) is 18.9 Å². The number of ether oxygens (including phenoxy) is 1. The third-order valence-corrected chi connectivity index (χ3v) is 14.4. The molecule has 7 nitrogen and oxygen atoms in total. The Morgan fingerprint density at radius 1 is 0.727 bits per heavy atom. The van der Waals surface area contributed by atoms with Gasteiger partial charge in [0.05, 0.1) is 31.5 Å². The van der Waals surface area contributed by atoms with Gasteiger partial charge in [-0.2, -0.15) is 29.0 Å². The van der Waals surface area contributed by atoms with Crippen molar-refractivity contribution >= 4 is 65.9 Å². The molecule has 1 aliphatic rings. The number of halogens is 3. The first-order valence-corrected chi connectivity index (χ1v) is 23.3. The first kappa shape index (κ1) is 43.9. The minimum absolute atomic E-state index is 0.296. The highest BCUT2D eigenvalue weighted by Crippen LogP contribution is 2.56. The normalized spacial score (nSPS) is 15.2. The van der Waals surface area contributed by atoms with Crippen LogP contribution in [0, 0.1) is 54.8 Å². The summed E-state index contributed by atoms with van der Waals surface area (Å²) in [5.41, 5.74) is 6.32. The molecule has 0 bridgehead atoms. The fourth-order valence-corrected chi connectivity index (χ4v) is 11.4. The molecule has 0 saturated carbocycles. The molecule has 5 heterocycles. The van der Waals surface area contributed by atoms with E-state index in [1.54, 1.807) is 35.6 Å². The second-order valence-corrected chi connectivity index (χ2v) is 18.7. The van der Waals surface area contributed by atoms with Crippen molar-refractivity contribution in [3.63, 3.8) is 0 Å². The summed E-state index contributed by atoms with van der Waals surface area (Å²) in [4.78, 5) is 4.21. The van der Waals surface area contributed by atoms with E-state index in [1.165, 1.54) is 58.5 Å². The van der Waals surface area contributed by atoms with Gasteiger partial charge in [0.15, 0.2) is 11.3 Å². The number of benzene rings is 4. The van der Waals surface area contributed by atoms with E-state index in [-0.39, 0.29) is 5.56 Å². The third kappa shape index (κ3) is 7.16. The molecule has 0 N–H and O–H groups in total. The topological polar surface area (TPSA) is 93.7 Å². The zero-order chi connectivity index (χ0) is 46.5. The molecule has 0 fully saturated rings. The number of alkyl halides is 3. The van der Waals surface area contributed by atoms with Crippen LogP contribution in [0.15, 0.2) is 138 Å². The van der Waals surface area contributed by atoms with Crippen LogP contribution in [-0.2, 0) is 10.3 Å². The molecule has 9 rings (SSSR count). The van der Waals surface area contributed by atoms with Crippen LogP contribution in [0.25, 0.3) is 59.4 Å². The maximum Gasteiger partial charge on any atom is 0.437 e. The fraction of sp³-hybridized carbons (Fsp3) is 0.204.